The highest BCUT2D eigenvalue weighted by Gasteiger charge is 2.22. The summed E-state index contributed by atoms with van der Waals surface area (Å²) in [4.78, 5) is 2.43. The van der Waals surface area contributed by atoms with Crippen molar-refractivity contribution in [3.8, 4) is 0 Å². The van der Waals surface area contributed by atoms with Crippen LogP contribution < -0.4 is 5.32 Å². The molecule has 0 aromatic rings. The van der Waals surface area contributed by atoms with Crippen LogP contribution in [0.1, 0.15) is 33.1 Å². The van der Waals surface area contributed by atoms with Crippen LogP contribution in [0.5, 0.6) is 0 Å². The van der Waals surface area contributed by atoms with Gasteiger partial charge in [0, 0.05) is 25.8 Å². The van der Waals surface area contributed by atoms with Crippen molar-refractivity contribution >= 4 is 0 Å². The molecule has 0 saturated carbocycles. The topological polar surface area (TPSA) is 24.5 Å². The number of likely N-dealkylation sites (tertiary alicyclic amines) is 1. The van der Waals surface area contributed by atoms with E-state index < -0.39 is 0 Å². The van der Waals surface area contributed by atoms with Gasteiger partial charge in [-0.25, -0.2) is 0 Å². The molecule has 1 N–H and O–H groups in total. The van der Waals surface area contributed by atoms with E-state index in [-0.39, 0.29) is 0 Å². The summed E-state index contributed by atoms with van der Waals surface area (Å²) in [5.41, 5.74) is 0. The monoisotopic (exact) mass is 228 g/mol. The third-order valence-electron chi connectivity index (χ3n) is 3.43. The van der Waals surface area contributed by atoms with Crippen molar-refractivity contribution in [1.29, 1.82) is 0 Å². The van der Waals surface area contributed by atoms with Gasteiger partial charge in [-0.1, -0.05) is 6.92 Å². The first-order valence-electron chi connectivity index (χ1n) is 6.73. The maximum Gasteiger partial charge on any atom is 0.0466 e. The third kappa shape index (κ3) is 5.28. The van der Waals surface area contributed by atoms with E-state index >= 15 is 0 Å². The van der Waals surface area contributed by atoms with Crippen LogP contribution in [0.15, 0.2) is 0 Å². The van der Waals surface area contributed by atoms with Gasteiger partial charge in [-0.05, 0) is 52.2 Å². The molecule has 0 aromatic carbocycles. The average molecular weight is 228 g/mol. The fraction of sp³-hybridized carbons (Fsp3) is 1.00. The van der Waals surface area contributed by atoms with E-state index in [1.165, 1.54) is 32.4 Å². The molecular weight excluding hydrogens is 200 g/mol. The molecule has 0 spiro atoms. The van der Waals surface area contributed by atoms with Crippen molar-refractivity contribution in [2.75, 3.05) is 39.9 Å². The van der Waals surface area contributed by atoms with Gasteiger partial charge >= 0.3 is 0 Å². The second-order valence-corrected chi connectivity index (χ2v) is 4.99. The molecule has 16 heavy (non-hydrogen) atoms. The molecule has 2 atom stereocenters. The molecule has 1 fully saturated rings. The fourth-order valence-electron chi connectivity index (χ4n) is 2.42. The Hall–Kier alpha value is -0.120. The molecule has 1 heterocycles. The van der Waals surface area contributed by atoms with Gasteiger partial charge in [-0.3, -0.25) is 0 Å². The van der Waals surface area contributed by atoms with E-state index in [1.807, 2.05) is 0 Å². The van der Waals surface area contributed by atoms with Crippen molar-refractivity contribution in [3.63, 3.8) is 0 Å². The summed E-state index contributed by atoms with van der Waals surface area (Å²) in [6, 6.07) is 0.725. The van der Waals surface area contributed by atoms with Crippen LogP contribution in [0.3, 0.4) is 0 Å². The Kier molecular flexibility index (Phi) is 7.01. The quantitative estimate of drug-likeness (QED) is 0.672. The first kappa shape index (κ1) is 13.9. The molecule has 1 aliphatic heterocycles. The standard InChI is InChI=1S/C13H28N2O/c1-4-16-10-6-5-8-14-13-7-9-15(3)11-12(13)2/h12-14H,4-11H2,1-3H3. The van der Waals surface area contributed by atoms with Crippen LogP contribution in [0.4, 0.5) is 0 Å². The minimum Gasteiger partial charge on any atom is -0.382 e. The molecule has 1 saturated heterocycles. The lowest BCUT2D eigenvalue weighted by Gasteiger charge is -2.35. The molecule has 2 unspecified atom stereocenters. The zero-order chi connectivity index (χ0) is 11.8. The SMILES string of the molecule is CCOCCCCNC1CCN(C)CC1C. The summed E-state index contributed by atoms with van der Waals surface area (Å²) >= 11 is 0. The highest BCUT2D eigenvalue weighted by molar-refractivity contribution is 4.81. The second-order valence-electron chi connectivity index (χ2n) is 4.99. The number of nitrogens with zero attached hydrogens (tertiary/aromatic N) is 1. The molecule has 0 bridgehead atoms. The summed E-state index contributed by atoms with van der Waals surface area (Å²) in [6.45, 7) is 9.79. The van der Waals surface area contributed by atoms with Crippen molar-refractivity contribution in [3.05, 3.63) is 0 Å². The van der Waals surface area contributed by atoms with E-state index in [0.29, 0.717) is 0 Å². The first-order valence-corrected chi connectivity index (χ1v) is 6.73. The van der Waals surface area contributed by atoms with Gasteiger partial charge in [0.25, 0.3) is 0 Å². The van der Waals surface area contributed by atoms with Gasteiger partial charge in [-0.2, -0.15) is 0 Å². The van der Waals surface area contributed by atoms with Crippen LogP contribution in [0.25, 0.3) is 0 Å². The summed E-state index contributed by atoms with van der Waals surface area (Å²) in [5.74, 6) is 0.783. The van der Waals surface area contributed by atoms with Gasteiger partial charge in [-0.15, -0.1) is 0 Å². The normalized spacial score (nSPS) is 27.2. The van der Waals surface area contributed by atoms with Gasteiger partial charge in [0.1, 0.15) is 0 Å². The first-order chi connectivity index (χ1) is 7.74. The van der Waals surface area contributed by atoms with Crippen LogP contribution in [0.2, 0.25) is 0 Å². The number of ether oxygens (including phenoxy) is 1. The maximum absolute atomic E-state index is 5.33. The molecule has 96 valence electrons. The molecule has 0 amide bonds. The highest BCUT2D eigenvalue weighted by atomic mass is 16.5. The molecule has 0 aliphatic carbocycles. The second kappa shape index (κ2) is 8.04. The summed E-state index contributed by atoms with van der Waals surface area (Å²) < 4.78 is 5.33. The van der Waals surface area contributed by atoms with Crippen molar-refractivity contribution < 1.29 is 4.74 Å². The van der Waals surface area contributed by atoms with Gasteiger partial charge in [0.2, 0.25) is 0 Å². The minimum atomic E-state index is 0.725. The zero-order valence-electron chi connectivity index (χ0n) is 11.2. The number of rotatable bonds is 7. The van der Waals surface area contributed by atoms with Crippen LogP contribution in [0, 0.1) is 5.92 Å². The lowest BCUT2D eigenvalue weighted by atomic mass is 9.94. The van der Waals surface area contributed by atoms with Crippen LogP contribution in [-0.4, -0.2) is 50.8 Å². The van der Waals surface area contributed by atoms with Crippen LogP contribution in [-0.2, 0) is 4.74 Å². The molecular formula is C13H28N2O. The maximum atomic E-state index is 5.33. The fourth-order valence-corrected chi connectivity index (χ4v) is 2.42. The van der Waals surface area contributed by atoms with E-state index in [2.05, 4.69) is 31.1 Å². The number of piperidine rings is 1. The van der Waals surface area contributed by atoms with Gasteiger partial charge < -0.3 is 15.0 Å². The Morgan fingerprint density at radius 3 is 2.88 bits per heavy atom. The largest absolute Gasteiger partial charge is 0.382 e. The smallest absolute Gasteiger partial charge is 0.0466 e. The Bertz CT molecular complexity index is 175. The van der Waals surface area contributed by atoms with E-state index in [4.69, 9.17) is 4.74 Å². The Labute approximate surface area is 101 Å². The van der Waals surface area contributed by atoms with Crippen LogP contribution >= 0.6 is 0 Å². The minimum absolute atomic E-state index is 0.725. The zero-order valence-corrected chi connectivity index (χ0v) is 11.2. The lowest BCUT2D eigenvalue weighted by molar-refractivity contribution is 0.141. The number of hydrogen-bond acceptors (Lipinski definition) is 3. The molecule has 1 rings (SSSR count). The Morgan fingerprint density at radius 1 is 1.38 bits per heavy atom. The summed E-state index contributed by atoms with van der Waals surface area (Å²) in [6.07, 6.45) is 3.71. The van der Waals surface area contributed by atoms with Crippen molar-refractivity contribution in [2.45, 2.75) is 39.2 Å². The molecule has 3 heteroatoms. The Morgan fingerprint density at radius 2 is 2.19 bits per heavy atom. The number of nitrogens with one attached hydrogen (secondary N) is 1. The summed E-state index contributed by atoms with van der Waals surface area (Å²) in [5, 5.41) is 3.69. The van der Waals surface area contributed by atoms with Gasteiger partial charge in [0.05, 0.1) is 0 Å². The van der Waals surface area contributed by atoms with E-state index in [9.17, 15) is 0 Å². The van der Waals surface area contributed by atoms with E-state index in [1.54, 1.807) is 0 Å². The van der Waals surface area contributed by atoms with Crippen molar-refractivity contribution in [1.82, 2.24) is 10.2 Å². The lowest BCUT2D eigenvalue weighted by Crippen LogP contribution is -2.47. The average Bonchev–Trinajstić information content (AvgIpc) is 2.26. The molecule has 3 nitrogen and oxygen atoms in total. The molecule has 0 aromatic heterocycles. The highest BCUT2D eigenvalue weighted by Crippen LogP contribution is 2.15. The Balaban J connectivity index is 2.00. The third-order valence-corrected chi connectivity index (χ3v) is 3.43. The summed E-state index contributed by atoms with van der Waals surface area (Å²) in [7, 11) is 2.22. The number of hydrogen-bond donors (Lipinski definition) is 1. The predicted molar refractivity (Wildman–Crippen MR) is 68.8 cm³/mol. The van der Waals surface area contributed by atoms with Gasteiger partial charge in [0.15, 0.2) is 0 Å². The number of unbranched alkanes of at least 4 members (excludes halogenated alkanes) is 1. The molecule has 1 aliphatic rings. The predicted octanol–water partition coefficient (Wildman–Crippen LogP) is 1.73. The van der Waals surface area contributed by atoms with E-state index in [0.717, 1.165) is 31.7 Å². The molecule has 0 radical (unpaired) electrons. The van der Waals surface area contributed by atoms with Crippen molar-refractivity contribution in [2.24, 2.45) is 5.92 Å².